The molecule has 0 spiro atoms. The van der Waals surface area contributed by atoms with Gasteiger partial charge in [-0.3, -0.25) is 14.5 Å². The minimum Gasteiger partial charge on any atom is -0.480 e. The van der Waals surface area contributed by atoms with Gasteiger partial charge in [0.15, 0.2) is 0 Å². The second kappa shape index (κ2) is 6.25. The lowest BCUT2D eigenvalue weighted by Gasteiger charge is -2.22. The van der Waals surface area contributed by atoms with Gasteiger partial charge in [0, 0.05) is 11.7 Å². The van der Waals surface area contributed by atoms with Crippen molar-refractivity contribution in [1.82, 2.24) is 10.6 Å². The average molecular weight is 291 g/mol. The lowest BCUT2D eigenvalue weighted by molar-refractivity contribution is -0.137. The van der Waals surface area contributed by atoms with Crippen molar-refractivity contribution < 1.29 is 19.5 Å². The Labute approximate surface area is 121 Å². The number of rotatable bonds is 4. The number of anilines is 1. The fraction of sp³-hybridized carbons (Fsp3) is 0.357. The summed E-state index contributed by atoms with van der Waals surface area (Å²) in [7, 11) is 0. The van der Waals surface area contributed by atoms with Gasteiger partial charge in [0.1, 0.15) is 6.54 Å². The van der Waals surface area contributed by atoms with E-state index in [4.69, 9.17) is 5.11 Å². The number of para-hydroxylation sites is 1. The SMILES string of the molecule is CC1Cc2ccccc2N1C(=O)NCC(=O)NCC(=O)O. The number of nitrogens with zero attached hydrogens (tertiary/aromatic N) is 1. The normalized spacial score (nSPS) is 16.2. The Morgan fingerprint density at radius 3 is 2.67 bits per heavy atom. The molecule has 3 N–H and O–H groups in total. The maximum atomic E-state index is 12.2. The van der Waals surface area contributed by atoms with E-state index in [-0.39, 0.29) is 18.6 Å². The number of amides is 3. The monoisotopic (exact) mass is 291 g/mol. The maximum Gasteiger partial charge on any atom is 0.322 e. The first kappa shape index (κ1) is 14.8. The van der Waals surface area contributed by atoms with Crippen LogP contribution in [-0.2, 0) is 16.0 Å². The highest BCUT2D eigenvalue weighted by molar-refractivity contribution is 5.97. The summed E-state index contributed by atoms with van der Waals surface area (Å²) in [6.07, 6.45) is 0.773. The summed E-state index contributed by atoms with van der Waals surface area (Å²) in [6, 6.07) is 7.27. The molecule has 0 aromatic heterocycles. The van der Waals surface area contributed by atoms with Crippen LogP contribution in [0.15, 0.2) is 24.3 Å². The number of hydrogen-bond donors (Lipinski definition) is 3. The van der Waals surface area contributed by atoms with E-state index < -0.39 is 18.4 Å². The van der Waals surface area contributed by atoms with Crippen LogP contribution in [0, 0.1) is 0 Å². The van der Waals surface area contributed by atoms with Gasteiger partial charge in [-0.05, 0) is 25.0 Å². The molecule has 0 aliphatic carbocycles. The average Bonchev–Trinajstić information content (AvgIpc) is 2.78. The highest BCUT2D eigenvalue weighted by Gasteiger charge is 2.30. The van der Waals surface area contributed by atoms with E-state index in [1.807, 2.05) is 31.2 Å². The number of aliphatic carboxylic acids is 1. The topological polar surface area (TPSA) is 98.7 Å². The summed E-state index contributed by atoms with van der Waals surface area (Å²) >= 11 is 0. The Morgan fingerprint density at radius 1 is 1.24 bits per heavy atom. The predicted octanol–water partition coefficient (Wildman–Crippen LogP) is 0.348. The van der Waals surface area contributed by atoms with Gasteiger partial charge >= 0.3 is 12.0 Å². The van der Waals surface area contributed by atoms with Crippen LogP contribution in [0.4, 0.5) is 10.5 Å². The zero-order valence-electron chi connectivity index (χ0n) is 11.6. The summed E-state index contributed by atoms with van der Waals surface area (Å²) in [5.41, 5.74) is 1.93. The fourth-order valence-electron chi connectivity index (χ4n) is 2.35. The highest BCUT2D eigenvalue weighted by atomic mass is 16.4. The van der Waals surface area contributed by atoms with E-state index >= 15 is 0 Å². The smallest absolute Gasteiger partial charge is 0.322 e. The Morgan fingerprint density at radius 2 is 1.95 bits per heavy atom. The van der Waals surface area contributed by atoms with Crippen molar-refractivity contribution in [1.29, 1.82) is 0 Å². The Balaban J connectivity index is 1.92. The van der Waals surface area contributed by atoms with E-state index in [0.29, 0.717) is 0 Å². The van der Waals surface area contributed by atoms with E-state index in [1.165, 1.54) is 0 Å². The van der Waals surface area contributed by atoms with Crippen molar-refractivity contribution in [3.8, 4) is 0 Å². The first-order chi connectivity index (χ1) is 9.99. The molecule has 0 saturated heterocycles. The number of carbonyl (C=O) groups is 3. The zero-order valence-corrected chi connectivity index (χ0v) is 11.6. The molecule has 0 fully saturated rings. The van der Waals surface area contributed by atoms with Crippen LogP contribution in [0.3, 0.4) is 0 Å². The molecule has 2 rings (SSSR count). The van der Waals surface area contributed by atoms with Crippen molar-refractivity contribution in [3.63, 3.8) is 0 Å². The minimum atomic E-state index is -1.13. The standard InChI is InChI=1S/C14H17N3O4/c1-9-6-10-4-2-3-5-11(10)17(9)14(21)16-7-12(18)15-8-13(19)20/h2-5,9H,6-8H2,1H3,(H,15,18)(H,16,21)(H,19,20). The number of urea groups is 1. The van der Waals surface area contributed by atoms with Gasteiger partial charge in [-0.2, -0.15) is 0 Å². The molecule has 1 aromatic carbocycles. The fourth-order valence-corrected chi connectivity index (χ4v) is 2.35. The number of fused-ring (bicyclic) bond motifs is 1. The molecular weight excluding hydrogens is 274 g/mol. The van der Waals surface area contributed by atoms with Crippen LogP contribution in [0.1, 0.15) is 12.5 Å². The molecule has 7 heteroatoms. The lowest BCUT2D eigenvalue weighted by Crippen LogP contribution is -2.47. The molecule has 1 atom stereocenters. The molecule has 0 bridgehead atoms. The number of benzene rings is 1. The molecule has 1 aliphatic rings. The summed E-state index contributed by atoms with van der Waals surface area (Å²) in [5.74, 6) is -1.66. The van der Waals surface area contributed by atoms with Crippen LogP contribution in [0.2, 0.25) is 0 Å². The van der Waals surface area contributed by atoms with E-state index in [9.17, 15) is 14.4 Å². The van der Waals surface area contributed by atoms with Crippen molar-refractivity contribution in [2.24, 2.45) is 0 Å². The summed E-state index contributed by atoms with van der Waals surface area (Å²) in [6.45, 7) is 1.22. The van der Waals surface area contributed by atoms with E-state index in [0.717, 1.165) is 17.7 Å². The number of carbonyl (C=O) groups excluding carboxylic acids is 2. The molecule has 0 saturated carbocycles. The van der Waals surface area contributed by atoms with Gasteiger partial charge in [0.25, 0.3) is 0 Å². The first-order valence-corrected chi connectivity index (χ1v) is 6.62. The molecule has 1 aliphatic heterocycles. The van der Waals surface area contributed by atoms with Crippen molar-refractivity contribution in [2.45, 2.75) is 19.4 Å². The first-order valence-electron chi connectivity index (χ1n) is 6.62. The number of carboxylic acids is 1. The highest BCUT2D eigenvalue weighted by Crippen LogP contribution is 2.31. The van der Waals surface area contributed by atoms with Crippen molar-refractivity contribution in [3.05, 3.63) is 29.8 Å². The third-order valence-corrected chi connectivity index (χ3v) is 3.26. The molecule has 1 heterocycles. The van der Waals surface area contributed by atoms with Gasteiger partial charge in [-0.25, -0.2) is 4.79 Å². The van der Waals surface area contributed by atoms with Gasteiger partial charge in [0.05, 0.1) is 6.54 Å². The maximum absolute atomic E-state index is 12.2. The predicted molar refractivity (Wildman–Crippen MR) is 76.1 cm³/mol. The third-order valence-electron chi connectivity index (χ3n) is 3.26. The van der Waals surface area contributed by atoms with Crippen LogP contribution in [0.5, 0.6) is 0 Å². The van der Waals surface area contributed by atoms with E-state index in [2.05, 4.69) is 10.6 Å². The number of carboxylic acid groups (broad SMARTS) is 1. The molecule has 0 radical (unpaired) electrons. The number of nitrogens with one attached hydrogen (secondary N) is 2. The van der Waals surface area contributed by atoms with Gasteiger partial charge in [-0.1, -0.05) is 18.2 Å². The van der Waals surface area contributed by atoms with Crippen LogP contribution in [0.25, 0.3) is 0 Å². The largest absolute Gasteiger partial charge is 0.480 e. The third kappa shape index (κ3) is 3.50. The second-order valence-corrected chi connectivity index (χ2v) is 4.88. The van der Waals surface area contributed by atoms with Crippen LogP contribution >= 0.6 is 0 Å². The molecule has 112 valence electrons. The van der Waals surface area contributed by atoms with Gasteiger partial charge in [0.2, 0.25) is 5.91 Å². The Kier molecular flexibility index (Phi) is 4.42. The van der Waals surface area contributed by atoms with Crippen molar-refractivity contribution in [2.75, 3.05) is 18.0 Å². The molecule has 1 unspecified atom stereocenters. The summed E-state index contributed by atoms with van der Waals surface area (Å²) < 4.78 is 0. The van der Waals surface area contributed by atoms with Crippen LogP contribution in [-0.4, -0.2) is 42.1 Å². The zero-order chi connectivity index (χ0) is 15.4. The minimum absolute atomic E-state index is 0.0180. The second-order valence-electron chi connectivity index (χ2n) is 4.88. The van der Waals surface area contributed by atoms with Gasteiger partial charge < -0.3 is 15.7 Å². The summed E-state index contributed by atoms with van der Waals surface area (Å²) in [5, 5.41) is 13.1. The molecule has 7 nitrogen and oxygen atoms in total. The van der Waals surface area contributed by atoms with E-state index in [1.54, 1.807) is 4.90 Å². The molecule has 21 heavy (non-hydrogen) atoms. The molecule has 3 amide bonds. The van der Waals surface area contributed by atoms with Gasteiger partial charge in [-0.15, -0.1) is 0 Å². The number of hydrogen-bond acceptors (Lipinski definition) is 3. The molecule has 1 aromatic rings. The quantitative estimate of drug-likeness (QED) is 0.745. The summed E-state index contributed by atoms with van der Waals surface area (Å²) in [4.78, 5) is 35.5. The Bertz CT molecular complexity index is 573. The van der Waals surface area contributed by atoms with Crippen molar-refractivity contribution >= 4 is 23.6 Å². The molecular formula is C14H17N3O4. The lowest BCUT2D eigenvalue weighted by atomic mass is 10.1. The van der Waals surface area contributed by atoms with Crippen LogP contribution < -0.4 is 15.5 Å². The Hall–Kier alpha value is -2.57.